The van der Waals surface area contributed by atoms with Crippen LogP contribution in [0.25, 0.3) is 0 Å². The maximum Gasteiger partial charge on any atom is 0.191 e. The highest BCUT2D eigenvalue weighted by molar-refractivity contribution is 5.78. The van der Waals surface area contributed by atoms with Crippen molar-refractivity contribution in [2.24, 2.45) is 10.7 Å². The highest BCUT2D eigenvalue weighted by Gasteiger charge is 2.28. The average Bonchev–Trinajstić information content (AvgIpc) is 3.08. The maximum absolute atomic E-state index is 10.0. The number of aliphatic hydroxyl groups is 1. The monoisotopic (exact) mass is 213 g/mol. The molecule has 15 heavy (non-hydrogen) atoms. The molecule has 0 heterocycles. The largest absolute Gasteiger partial charge is 0.388 e. The fourth-order valence-electron chi connectivity index (χ4n) is 1.46. The molecule has 1 fully saturated rings. The molecule has 1 rings (SSSR count). The molecule has 88 valence electrons. The van der Waals surface area contributed by atoms with E-state index in [0.717, 1.165) is 0 Å². The van der Waals surface area contributed by atoms with Gasteiger partial charge in [-0.1, -0.05) is 13.8 Å². The third-order valence-corrected chi connectivity index (χ3v) is 3.31. The van der Waals surface area contributed by atoms with Crippen molar-refractivity contribution in [2.75, 3.05) is 13.6 Å². The van der Waals surface area contributed by atoms with Crippen molar-refractivity contribution in [3.8, 4) is 0 Å². The van der Waals surface area contributed by atoms with E-state index in [0.29, 0.717) is 31.4 Å². The van der Waals surface area contributed by atoms with Crippen LogP contribution in [0.4, 0.5) is 0 Å². The fourth-order valence-corrected chi connectivity index (χ4v) is 1.46. The second-order valence-electron chi connectivity index (χ2n) is 4.45. The van der Waals surface area contributed by atoms with E-state index in [2.05, 4.69) is 4.99 Å². The lowest BCUT2D eigenvalue weighted by atomic mass is 9.98. The van der Waals surface area contributed by atoms with E-state index in [-0.39, 0.29) is 0 Å². The molecule has 4 nitrogen and oxygen atoms in total. The van der Waals surface area contributed by atoms with Crippen LogP contribution < -0.4 is 5.73 Å². The topological polar surface area (TPSA) is 61.9 Å². The Labute approximate surface area is 92.2 Å². The second kappa shape index (κ2) is 4.84. The molecule has 0 amide bonds. The predicted octanol–water partition coefficient (Wildman–Crippen LogP) is 0.946. The molecule has 0 unspecified atom stereocenters. The van der Waals surface area contributed by atoms with Crippen LogP contribution in [0.15, 0.2) is 4.99 Å². The summed E-state index contributed by atoms with van der Waals surface area (Å²) in [6.45, 7) is 4.35. The van der Waals surface area contributed by atoms with Crippen LogP contribution in [0.2, 0.25) is 0 Å². The Morgan fingerprint density at radius 2 is 2.00 bits per heavy atom. The lowest BCUT2D eigenvalue weighted by Crippen LogP contribution is -2.38. The molecule has 0 radical (unpaired) electrons. The summed E-state index contributed by atoms with van der Waals surface area (Å²) >= 11 is 0. The zero-order valence-corrected chi connectivity index (χ0v) is 10.0. The summed E-state index contributed by atoms with van der Waals surface area (Å²) in [5, 5.41) is 10.0. The van der Waals surface area contributed by atoms with Crippen LogP contribution in [0.1, 0.15) is 39.5 Å². The summed E-state index contributed by atoms with van der Waals surface area (Å²) in [5.41, 5.74) is 5.15. The Morgan fingerprint density at radius 1 is 1.47 bits per heavy atom. The van der Waals surface area contributed by atoms with Gasteiger partial charge >= 0.3 is 0 Å². The van der Waals surface area contributed by atoms with E-state index < -0.39 is 5.60 Å². The molecule has 0 saturated heterocycles. The molecule has 0 aliphatic heterocycles. The normalized spacial score (nSPS) is 18.0. The molecule has 1 saturated carbocycles. The third kappa shape index (κ3) is 3.38. The van der Waals surface area contributed by atoms with Gasteiger partial charge in [0.2, 0.25) is 0 Å². The summed E-state index contributed by atoms with van der Waals surface area (Å²) in [6.07, 6.45) is 3.85. The van der Waals surface area contributed by atoms with E-state index in [1.807, 2.05) is 25.8 Å². The zero-order chi connectivity index (χ0) is 11.5. The van der Waals surface area contributed by atoms with Crippen LogP contribution in [0.5, 0.6) is 0 Å². The first-order valence-electron chi connectivity index (χ1n) is 5.77. The van der Waals surface area contributed by atoms with Crippen LogP contribution in [0, 0.1) is 0 Å². The number of rotatable bonds is 5. The third-order valence-electron chi connectivity index (χ3n) is 3.31. The van der Waals surface area contributed by atoms with Gasteiger partial charge in [0.25, 0.3) is 0 Å². The Kier molecular flexibility index (Phi) is 3.97. The summed E-state index contributed by atoms with van der Waals surface area (Å²) in [4.78, 5) is 6.28. The van der Waals surface area contributed by atoms with Crippen LogP contribution in [-0.2, 0) is 0 Å². The highest BCUT2D eigenvalue weighted by atomic mass is 16.3. The van der Waals surface area contributed by atoms with E-state index in [1.165, 1.54) is 12.8 Å². The van der Waals surface area contributed by atoms with Crippen LogP contribution >= 0.6 is 0 Å². The molecule has 0 bridgehead atoms. The van der Waals surface area contributed by atoms with Crippen molar-refractivity contribution in [2.45, 2.75) is 51.2 Å². The van der Waals surface area contributed by atoms with Crippen LogP contribution in [0.3, 0.4) is 0 Å². The molecule has 0 aromatic rings. The molecule has 4 heteroatoms. The minimum absolute atomic E-state index is 0.406. The molecule has 1 aliphatic carbocycles. The van der Waals surface area contributed by atoms with Crippen molar-refractivity contribution in [1.82, 2.24) is 4.90 Å². The number of guanidine groups is 1. The van der Waals surface area contributed by atoms with Gasteiger partial charge in [0, 0.05) is 13.1 Å². The Bertz CT molecular complexity index is 232. The van der Waals surface area contributed by atoms with E-state index in [4.69, 9.17) is 5.73 Å². The molecule has 1 aliphatic rings. The fraction of sp³-hybridized carbons (Fsp3) is 0.909. The second-order valence-corrected chi connectivity index (χ2v) is 4.45. The number of hydrogen-bond donors (Lipinski definition) is 2. The van der Waals surface area contributed by atoms with Crippen molar-refractivity contribution in [3.63, 3.8) is 0 Å². The van der Waals surface area contributed by atoms with Gasteiger partial charge in [-0.15, -0.1) is 0 Å². The van der Waals surface area contributed by atoms with Gasteiger partial charge in [-0.05, 0) is 25.7 Å². The molecular weight excluding hydrogens is 190 g/mol. The van der Waals surface area contributed by atoms with Gasteiger partial charge in [-0.2, -0.15) is 0 Å². The number of aliphatic imine (C=N–C) groups is 1. The first kappa shape index (κ1) is 12.3. The number of nitrogens with zero attached hydrogens (tertiary/aromatic N) is 2. The molecule has 0 aromatic carbocycles. The maximum atomic E-state index is 10.0. The van der Waals surface area contributed by atoms with Gasteiger partial charge in [0.05, 0.1) is 12.1 Å². The van der Waals surface area contributed by atoms with Gasteiger partial charge in [-0.25, -0.2) is 0 Å². The first-order chi connectivity index (χ1) is 7.02. The lowest BCUT2D eigenvalue weighted by molar-refractivity contribution is 0.0416. The SMILES string of the molecule is CCC(O)(CC)CN=C(N)N(C)C1CC1. The van der Waals surface area contributed by atoms with Gasteiger partial charge < -0.3 is 15.7 Å². The smallest absolute Gasteiger partial charge is 0.191 e. The Hall–Kier alpha value is -0.770. The molecular formula is C11H23N3O. The summed E-state index contributed by atoms with van der Waals surface area (Å²) in [5.74, 6) is 0.554. The molecule has 0 spiro atoms. The molecule has 3 N–H and O–H groups in total. The van der Waals surface area contributed by atoms with Crippen molar-refractivity contribution >= 4 is 5.96 Å². The summed E-state index contributed by atoms with van der Waals surface area (Å²) in [7, 11) is 1.97. The number of hydrogen-bond acceptors (Lipinski definition) is 2. The van der Waals surface area contributed by atoms with Crippen molar-refractivity contribution in [1.29, 1.82) is 0 Å². The van der Waals surface area contributed by atoms with Crippen LogP contribution in [-0.4, -0.2) is 41.2 Å². The quantitative estimate of drug-likeness (QED) is 0.528. The Balaban J connectivity index is 2.47. The lowest BCUT2D eigenvalue weighted by Gasteiger charge is -2.24. The summed E-state index contributed by atoms with van der Waals surface area (Å²) in [6, 6.07) is 0.574. The average molecular weight is 213 g/mol. The predicted molar refractivity (Wildman–Crippen MR) is 62.8 cm³/mol. The number of nitrogens with two attached hydrogens (primary N) is 1. The Morgan fingerprint density at radius 3 is 2.40 bits per heavy atom. The summed E-state index contributed by atoms with van der Waals surface area (Å²) < 4.78 is 0. The van der Waals surface area contributed by atoms with Gasteiger partial charge in [0.15, 0.2) is 5.96 Å². The van der Waals surface area contributed by atoms with E-state index in [1.54, 1.807) is 0 Å². The zero-order valence-electron chi connectivity index (χ0n) is 10.0. The standard InChI is InChI=1S/C11H23N3O/c1-4-11(15,5-2)8-13-10(12)14(3)9-6-7-9/h9,15H,4-8H2,1-3H3,(H2,12,13). The van der Waals surface area contributed by atoms with E-state index in [9.17, 15) is 5.11 Å². The van der Waals surface area contributed by atoms with Gasteiger partial charge in [-0.3, -0.25) is 4.99 Å². The van der Waals surface area contributed by atoms with Gasteiger partial charge in [0.1, 0.15) is 0 Å². The minimum Gasteiger partial charge on any atom is -0.388 e. The highest BCUT2D eigenvalue weighted by Crippen LogP contribution is 2.25. The molecule has 0 atom stereocenters. The minimum atomic E-state index is -0.686. The van der Waals surface area contributed by atoms with E-state index >= 15 is 0 Å². The molecule has 0 aromatic heterocycles. The van der Waals surface area contributed by atoms with Crippen molar-refractivity contribution < 1.29 is 5.11 Å². The van der Waals surface area contributed by atoms with Crippen molar-refractivity contribution in [3.05, 3.63) is 0 Å². The first-order valence-corrected chi connectivity index (χ1v) is 5.77.